The minimum Gasteiger partial charge on any atom is -0.473 e. The number of hydrogen-bond acceptors (Lipinski definition) is 4. The molecule has 2 aromatic carbocycles. The Morgan fingerprint density at radius 1 is 1.00 bits per heavy atom. The summed E-state index contributed by atoms with van der Waals surface area (Å²) in [6.45, 7) is -0.438. The van der Waals surface area contributed by atoms with E-state index in [1.807, 2.05) is 36.4 Å². The maximum absolute atomic E-state index is 10.6. The molecule has 0 spiro atoms. The van der Waals surface area contributed by atoms with Gasteiger partial charge in [-0.2, -0.15) is 0 Å². The lowest BCUT2D eigenvalue weighted by Gasteiger charge is -2.46. The molecule has 4 nitrogen and oxygen atoms in total. The molecule has 2 aromatic rings. The van der Waals surface area contributed by atoms with Gasteiger partial charge in [-0.1, -0.05) is 48.5 Å². The van der Waals surface area contributed by atoms with Crippen molar-refractivity contribution in [2.24, 2.45) is 0 Å². The molecule has 0 saturated heterocycles. The van der Waals surface area contributed by atoms with Crippen LogP contribution in [0.5, 0.6) is 5.75 Å². The molecule has 0 radical (unpaired) electrons. The summed E-state index contributed by atoms with van der Waals surface area (Å²) in [5, 5.41) is 20.6. The zero-order valence-corrected chi connectivity index (χ0v) is 11.3. The predicted octanol–water partition coefficient (Wildman–Crippen LogP) is 2.19. The minimum absolute atomic E-state index is 0.438. The first kappa shape index (κ1) is 13.7. The third-order valence-corrected chi connectivity index (χ3v) is 3.62. The summed E-state index contributed by atoms with van der Waals surface area (Å²) < 4.78 is 11.2. The molecule has 1 aliphatic rings. The second kappa shape index (κ2) is 5.24. The van der Waals surface area contributed by atoms with Gasteiger partial charge < -0.3 is 19.7 Å². The van der Waals surface area contributed by atoms with Crippen molar-refractivity contribution < 1.29 is 19.7 Å². The largest absolute Gasteiger partial charge is 0.473 e. The third kappa shape index (κ3) is 2.18. The quantitative estimate of drug-likeness (QED) is 0.883. The summed E-state index contributed by atoms with van der Waals surface area (Å²) >= 11 is 0. The van der Waals surface area contributed by atoms with Gasteiger partial charge in [0.2, 0.25) is 5.60 Å². The molecule has 21 heavy (non-hydrogen) atoms. The van der Waals surface area contributed by atoms with Crippen molar-refractivity contribution in [1.29, 1.82) is 0 Å². The smallest absolute Gasteiger partial charge is 0.277 e. The number of aliphatic hydroxyl groups excluding tert-OH is 1. The number of ether oxygens (including phenoxy) is 2. The molecule has 0 bridgehead atoms. The Morgan fingerprint density at radius 3 is 2.05 bits per heavy atom. The van der Waals surface area contributed by atoms with Crippen LogP contribution in [0.3, 0.4) is 0 Å². The van der Waals surface area contributed by atoms with Gasteiger partial charge in [0.1, 0.15) is 5.75 Å². The molecule has 108 valence electrons. The molecule has 0 fully saturated rings. The molecular weight excluding hydrogens is 268 g/mol. The van der Waals surface area contributed by atoms with Crippen LogP contribution in [0.2, 0.25) is 0 Å². The Morgan fingerprint density at radius 2 is 1.57 bits per heavy atom. The van der Waals surface area contributed by atoms with E-state index in [1.54, 1.807) is 24.3 Å². The molecule has 0 aromatic heterocycles. The van der Waals surface area contributed by atoms with Crippen molar-refractivity contribution in [3.63, 3.8) is 0 Å². The molecule has 2 atom stereocenters. The average molecular weight is 284 g/mol. The van der Waals surface area contributed by atoms with Crippen molar-refractivity contribution in [2.45, 2.75) is 11.4 Å². The normalized spacial score (nSPS) is 22.8. The number of aliphatic hydroxyl groups is 2. The van der Waals surface area contributed by atoms with E-state index in [1.165, 1.54) is 12.3 Å². The topological polar surface area (TPSA) is 58.9 Å². The highest BCUT2D eigenvalue weighted by molar-refractivity contribution is 5.34. The SMILES string of the molecule is OCC(Oc1ccccc1)(c1ccccc1)C1(O)C=CO1. The fraction of sp³-hybridized carbons (Fsp3) is 0.176. The van der Waals surface area contributed by atoms with Gasteiger partial charge in [0, 0.05) is 11.6 Å². The standard InChI is InChI=1S/C17H16O4/c18-13-16(17(19)11-12-20-17,14-7-3-1-4-8-14)21-15-9-5-2-6-10-15/h1-12,18-19H,13H2. The highest BCUT2D eigenvalue weighted by Gasteiger charge is 2.57. The fourth-order valence-electron chi connectivity index (χ4n) is 2.40. The van der Waals surface area contributed by atoms with Crippen molar-refractivity contribution in [1.82, 2.24) is 0 Å². The van der Waals surface area contributed by atoms with E-state index in [4.69, 9.17) is 9.47 Å². The summed E-state index contributed by atoms with van der Waals surface area (Å²) in [5.74, 6) is -1.17. The van der Waals surface area contributed by atoms with E-state index in [0.29, 0.717) is 11.3 Å². The van der Waals surface area contributed by atoms with Crippen LogP contribution in [0.1, 0.15) is 5.56 Å². The molecule has 0 amide bonds. The Bertz CT molecular complexity index is 626. The Balaban J connectivity index is 2.08. The Kier molecular flexibility index (Phi) is 3.41. The van der Waals surface area contributed by atoms with Crippen LogP contribution in [0.4, 0.5) is 0 Å². The fourth-order valence-corrected chi connectivity index (χ4v) is 2.40. The van der Waals surface area contributed by atoms with Crippen molar-refractivity contribution in [3.05, 3.63) is 78.6 Å². The molecule has 2 unspecified atom stereocenters. The molecule has 1 heterocycles. The van der Waals surface area contributed by atoms with Gasteiger partial charge in [-0.25, -0.2) is 0 Å². The van der Waals surface area contributed by atoms with Crippen molar-refractivity contribution in [3.8, 4) is 5.75 Å². The second-order valence-corrected chi connectivity index (χ2v) is 4.88. The first-order valence-corrected chi connectivity index (χ1v) is 6.68. The lowest BCUT2D eigenvalue weighted by atomic mass is 9.83. The van der Waals surface area contributed by atoms with Gasteiger partial charge in [-0.15, -0.1) is 0 Å². The van der Waals surface area contributed by atoms with Gasteiger partial charge in [0.05, 0.1) is 12.9 Å². The van der Waals surface area contributed by atoms with Crippen molar-refractivity contribution >= 4 is 0 Å². The van der Waals surface area contributed by atoms with Crippen molar-refractivity contribution in [2.75, 3.05) is 6.61 Å². The highest BCUT2D eigenvalue weighted by atomic mass is 16.7. The van der Waals surface area contributed by atoms with Crippen LogP contribution in [-0.2, 0) is 10.3 Å². The number of benzene rings is 2. The summed E-state index contributed by atoms with van der Waals surface area (Å²) in [5.41, 5.74) is -0.798. The average Bonchev–Trinajstić information content (AvgIpc) is 2.52. The van der Waals surface area contributed by atoms with Crippen LogP contribution in [0, 0.1) is 0 Å². The second-order valence-electron chi connectivity index (χ2n) is 4.88. The van der Waals surface area contributed by atoms with Gasteiger partial charge >= 0.3 is 0 Å². The molecular formula is C17H16O4. The van der Waals surface area contributed by atoms with E-state index in [9.17, 15) is 10.2 Å². The van der Waals surface area contributed by atoms with Gasteiger partial charge in [-0.05, 0) is 12.1 Å². The molecule has 0 saturated carbocycles. The molecule has 0 aliphatic carbocycles. The van der Waals surface area contributed by atoms with Gasteiger partial charge in [-0.3, -0.25) is 0 Å². The molecule has 3 rings (SSSR count). The zero-order valence-electron chi connectivity index (χ0n) is 11.3. The maximum atomic E-state index is 10.6. The van der Waals surface area contributed by atoms with Crippen LogP contribution in [-0.4, -0.2) is 22.6 Å². The number of para-hydroxylation sites is 1. The minimum atomic E-state index is -1.71. The molecule has 1 aliphatic heterocycles. The maximum Gasteiger partial charge on any atom is 0.277 e. The van der Waals surface area contributed by atoms with E-state index < -0.39 is 18.0 Å². The van der Waals surface area contributed by atoms with Gasteiger partial charge in [0.25, 0.3) is 5.79 Å². The third-order valence-electron chi connectivity index (χ3n) is 3.62. The molecule has 2 N–H and O–H groups in total. The van der Waals surface area contributed by atoms with E-state index >= 15 is 0 Å². The highest BCUT2D eigenvalue weighted by Crippen LogP contribution is 2.42. The Hall–Kier alpha value is -2.30. The number of rotatable bonds is 5. The van der Waals surface area contributed by atoms with Crippen LogP contribution in [0.25, 0.3) is 0 Å². The lowest BCUT2D eigenvalue weighted by molar-refractivity contribution is -0.273. The Labute approximate surface area is 122 Å². The van der Waals surface area contributed by atoms with E-state index in [0.717, 1.165) is 0 Å². The summed E-state index contributed by atoms with van der Waals surface area (Å²) in [4.78, 5) is 0. The summed E-state index contributed by atoms with van der Waals surface area (Å²) in [7, 11) is 0. The zero-order chi connectivity index (χ0) is 14.8. The summed E-state index contributed by atoms with van der Waals surface area (Å²) in [6, 6.07) is 18.1. The van der Waals surface area contributed by atoms with E-state index in [2.05, 4.69) is 0 Å². The van der Waals surface area contributed by atoms with Gasteiger partial charge in [0.15, 0.2) is 0 Å². The first-order chi connectivity index (χ1) is 10.2. The summed E-state index contributed by atoms with van der Waals surface area (Å²) in [6.07, 6.45) is 2.85. The monoisotopic (exact) mass is 284 g/mol. The lowest BCUT2D eigenvalue weighted by Crippen LogP contribution is -2.60. The van der Waals surface area contributed by atoms with E-state index in [-0.39, 0.29) is 0 Å². The van der Waals surface area contributed by atoms with Crippen LogP contribution >= 0.6 is 0 Å². The van der Waals surface area contributed by atoms with Crippen LogP contribution < -0.4 is 4.74 Å². The van der Waals surface area contributed by atoms with Crippen LogP contribution in [0.15, 0.2) is 73.0 Å². The molecule has 4 heteroatoms. The predicted molar refractivity (Wildman–Crippen MR) is 77.5 cm³/mol. The number of hydrogen-bond donors (Lipinski definition) is 2. The first-order valence-electron chi connectivity index (χ1n) is 6.68.